The third kappa shape index (κ3) is 2.39. The number of aliphatic hydroxyl groups is 1. The topological polar surface area (TPSA) is 29.5 Å². The second-order valence-corrected chi connectivity index (χ2v) is 6.13. The molecule has 0 spiro atoms. The fourth-order valence-corrected chi connectivity index (χ4v) is 2.93. The number of rotatable bonds is 3. The second kappa shape index (κ2) is 5.16. The van der Waals surface area contributed by atoms with Gasteiger partial charge >= 0.3 is 0 Å². The van der Waals surface area contributed by atoms with Crippen LogP contribution < -0.4 is 4.74 Å². The lowest BCUT2D eigenvalue weighted by Crippen LogP contribution is -2.00. The normalized spacial score (nSPS) is 12.4. The molecule has 1 atom stereocenters. The quantitative estimate of drug-likeness (QED) is 0.863. The van der Waals surface area contributed by atoms with E-state index in [9.17, 15) is 5.11 Å². The third-order valence-corrected chi connectivity index (χ3v) is 4.14. The van der Waals surface area contributed by atoms with Gasteiger partial charge < -0.3 is 9.84 Å². The number of thiophene rings is 1. The van der Waals surface area contributed by atoms with Gasteiger partial charge in [0.05, 0.1) is 9.99 Å². The van der Waals surface area contributed by atoms with E-state index in [4.69, 9.17) is 4.74 Å². The molecule has 1 N–H and O–H groups in total. The van der Waals surface area contributed by atoms with Crippen molar-refractivity contribution in [2.45, 2.75) is 6.10 Å². The molecule has 0 aliphatic rings. The number of halogens is 1. The molecule has 1 aromatic heterocycles. The van der Waals surface area contributed by atoms with Crippen molar-refractivity contribution in [3.8, 4) is 5.75 Å². The van der Waals surface area contributed by atoms with Crippen molar-refractivity contribution in [1.82, 2.24) is 0 Å². The SMILES string of the molecule is COc1ccccc1C(O)c1csc(I)c1. The fourth-order valence-electron chi connectivity index (χ4n) is 1.54. The van der Waals surface area contributed by atoms with Gasteiger partial charge in [0.1, 0.15) is 11.9 Å². The van der Waals surface area contributed by atoms with E-state index in [-0.39, 0.29) is 0 Å². The maximum Gasteiger partial charge on any atom is 0.125 e. The Morgan fingerprint density at radius 3 is 2.75 bits per heavy atom. The number of ether oxygens (including phenoxy) is 1. The molecule has 0 fully saturated rings. The van der Waals surface area contributed by atoms with Crippen molar-refractivity contribution in [2.75, 3.05) is 7.11 Å². The van der Waals surface area contributed by atoms with Crippen LogP contribution in [0.2, 0.25) is 0 Å². The van der Waals surface area contributed by atoms with E-state index in [0.717, 1.165) is 16.9 Å². The highest BCUT2D eigenvalue weighted by Crippen LogP contribution is 2.32. The molecule has 0 aliphatic carbocycles. The zero-order valence-corrected chi connectivity index (χ0v) is 11.7. The first-order chi connectivity index (χ1) is 7.72. The van der Waals surface area contributed by atoms with Crippen LogP contribution in [0, 0.1) is 2.88 Å². The monoisotopic (exact) mass is 346 g/mol. The maximum atomic E-state index is 10.2. The molecule has 0 radical (unpaired) electrons. The molecule has 2 aromatic rings. The van der Waals surface area contributed by atoms with Gasteiger partial charge in [-0.25, -0.2) is 0 Å². The minimum atomic E-state index is -0.615. The predicted molar refractivity (Wildman–Crippen MR) is 74.1 cm³/mol. The highest BCUT2D eigenvalue weighted by molar-refractivity contribution is 14.1. The fraction of sp³-hybridized carbons (Fsp3) is 0.167. The van der Waals surface area contributed by atoms with Gasteiger partial charge in [-0.15, -0.1) is 11.3 Å². The van der Waals surface area contributed by atoms with Gasteiger partial charge in [-0.3, -0.25) is 0 Å². The number of benzene rings is 1. The summed E-state index contributed by atoms with van der Waals surface area (Å²) in [4.78, 5) is 0. The molecule has 1 heterocycles. The van der Waals surface area contributed by atoms with Gasteiger partial charge in [-0.1, -0.05) is 18.2 Å². The molecule has 2 rings (SSSR count). The summed E-state index contributed by atoms with van der Waals surface area (Å²) in [5.74, 6) is 0.719. The lowest BCUT2D eigenvalue weighted by molar-refractivity contribution is 0.215. The molecule has 0 amide bonds. The van der Waals surface area contributed by atoms with E-state index >= 15 is 0 Å². The first kappa shape index (κ1) is 11.9. The minimum absolute atomic E-state index is 0.615. The van der Waals surface area contributed by atoms with Crippen LogP contribution in [-0.2, 0) is 0 Å². The smallest absolute Gasteiger partial charge is 0.125 e. The Hall–Kier alpha value is -0.590. The van der Waals surface area contributed by atoms with Crippen LogP contribution in [0.15, 0.2) is 35.7 Å². The molecule has 1 unspecified atom stereocenters. The molecule has 1 aromatic carbocycles. The largest absolute Gasteiger partial charge is 0.496 e. The summed E-state index contributed by atoms with van der Waals surface area (Å²) in [7, 11) is 1.61. The molecule has 0 saturated carbocycles. The molecular weight excluding hydrogens is 335 g/mol. The lowest BCUT2D eigenvalue weighted by atomic mass is 10.0. The van der Waals surface area contributed by atoms with Crippen LogP contribution in [0.3, 0.4) is 0 Å². The van der Waals surface area contributed by atoms with Crippen LogP contribution in [0.4, 0.5) is 0 Å². The molecule has 2 nitrogen and oxygen atoms in total. The zero-order chi connectivity index (χ0) is 11.5. The van der Waals surface area contributed by atoms with E-state index < -0.39 is 6.10 Å². The Balaban J connectivity index is 2.36. The van der Waals surface area contributed by atoms with E-state index in [1.165, 1.54) is 2.88 Å². The molecule has 0 bridgehead atoms. The first-order valence-electron chi connectivity index (χ1n) is 4.77. The van der Waals surface area contributed by atoms with Crippen molar-refractivity contribution in [2.24, 2.45) is 0 Å². The first-order valence-corrected chi connectivity index (χ1v) is 6.73. The summed E-state index contributed by atoms with van der Waals surface area (Å²) in [5.41, 5.74) is 1.72. The molecule has 16 heavy (non-hydrogen) atoms. The number of hydrogen-bond acceptors (Lipinski definition) is 3. The highest BCUT2D eigenvalue weighted by atomic mass is 127. The summed E-state index contributed by atoms with van der Waals surface area (Å²) in [5, 5.41) is 12.2. The van der Waals surface area contributed by atoms with Crippen molar-refractivity contribution >= 4 is 33.9 Å². The average molecular weight is 346 g/mol. The summed E-state index contributed by atoms with van der Waals surface area (Å²) in [6.45, 7) is 0. The standard InChI is InChI=1S/C12H11IO2S/c1-15-10-5-3-2-4-9(10)12(14)8-6-11(13)16-7-8/h2-7,12,14H,1H3. The Bertz CT molecular complexity index is 481. The number of aliphatic hydroxyl groups excluding tert-OH is 1. The van der Waals surface area contributed by atoms with Crippen molar-refractivity contribution in [3.63, 3.8) is 0 Å². The zero-order valence-electron chi connectivity index (χ0n) is 8.68. The highest BCUT2D eigenvalue weighted by Gasteiger charge is 2.15. The molecular formula is C12H11IO2S. The van der Waals surface area contributed by atoms with E-state index in [1.807, 2.05) is 35.7 Å². The van der Waals surface area contributed by atoms with Gasteiger partial charge in [-0.05, 0) is 45.7 Å². The van der Waals surface area contributed by atoms with Crippen LogP contribution in [0.1, 0.15) is 17.2 Å². The lowest BCUT2D eigenvalue weighted by Gasteiger charge is -2.13. The maximum absolute atomic E-state index is 10.2. The number of para-hydroxylation sites is 1. The third-order valence-electron chi connectivity index (χ3n) is 2.34. The van der Waals surface area contributed by atoms with E-state index in [1.54, 1.807) is 18.4 Å². The van der Waals surface area contributed by atoms with Crippen LogP contribution in [-0.4, -0.2) is 12.2 Å². The Morgan fingerprint density at radius 2 is 2.12 bits per heavy atom. The van der Waals surface area contributed by atoms with Crippen molar-refractivity contribution in [3.05, 3.63) is 49.7 Å². The Morgan fingerprint density at radius 1 is 1.38 bits per heavy atom. The Kier molecular flexibility index (Phi) is 3.83. The summed E-state index contributed by atoms with van der Waals surface area (Å²) < 4.78 is 6.40. The Labute approximate surface area is 112 Å². The van der Waals surface area contributed by atoms with Gasteiger partial charge in [0, 0.05) is 5.56 Å². The van der Waals surface area contributed by atoms with Gasteiger partial charge in [-0.2, -0.15) is 0 Å². The minimum Gasteiger partial charge on any atom is -0.496 e. The van der Waals surface area contributed by atoms with Crippen molar-refractivity contribution < 1.29 is 9.84 Å². The molecule has 4 heteroatoms. The van der Waals surface area contributed by atoms with Gasteiger partial charge in [0.25, 0.3) is 0 Å². The molecule has 84 valence electrons. The van der Waals surface area contributed by atoms with E-state index in [0.29, 0.717) is 0 Å². The predicted octanol–water partition coefficient (Wildman–Crippen LogP) is 3.44. The van der Waals surface area contributed by atoms with Crippen LogP contribution in [0.5, 0.6) is 5.75 Å². The summed E-state index contributed by atoms with van der Waals surface area (Å²) >= 11 is 3.87. The van der Waals surface area contributed by atoms with Gasteiger partial charge in [0.2, 0.25) is 0 Å². The second-order valence-electron chi connectivity index (χ2n) is 3.33. The summed E-state index contributed by atoms with van der Waals surface area (Å²) in [6, 6.07) is 9.52. The van der Waals surface area contributed by atoms with Crippen LogP contribution >= 0.6 is 33.9 Å². The number of hydrogen-bond donors (Lipinski definition) is 1. The molecule has 0 saturated heterocycles. The van der Waals surface area contributed by atoms with Crippen molar-refractivity contribution in [1.29, 1.82) is 0 Å². The summed E-state index contributed by atoms with van der Waals surface area (Å²) in [6.07, 6.45) is -0.615. The number of methoxy groups -OCH3 is 1. The van der Waals surface area contributed by atoms with Gasteiger partial charge in [0.15, 0.2) is 0 Å². The van der Waals surface area contributed by atoms with E-state index in [2.05, 4.69) is 22.6 Å². The molecule has 0 aliphatic heterocycles. The average Bonchev–Trinajstić information content (AvgIpc) is 2.75. The van der Waals surface area contributed by atoms with Crippen LogP contribution in [0.25, 0.3) is 0 Å².